The number of primary amides is 1. The summed E-state index contributed by atoms with van der Waals surface area (Å²) >= 11 is 0. The van der Waals surface area contributed by atoms with Gasteiger partial charge in [-0.3, -0.25) is 9.59 Å². The molecule has 1 aliphatic heterocycles. The van der Waals surface area contributed by atoms with Crippen LogP contribution in [0.25, 0.3) is 16.7 Å². The van der Waals surface area contributed by atoms with Crippen molar-refractivity contribution >= 4 is 22.8 Å². The molecule has 0 spiro atoms. The van der Waals surface area contributed by atoms with Crippen molar-refractivity contribution in [2.75, 3.05) is 19.6 Å². The van der Waals surface area contributed by atoms with Crippen molar-refractivity contribution in [3.63, 3.8) is 0 Å². The summed E-state index contributed by atoms with van der Waals surface area (Å²) < 4.78 is 28.6. The average Bonchev–Trinajstić information content (AvgIpc) is 3.16. The van der Waals surface area contributed by atoms with Crippen molar-refractivity contribution in [2.45, 2.75) is 25.2 Å². The van der Waals surface area contributed by atoms with Crippen LogP contribution < -0.4 is 11.5 Å². The summed E-state index contributed by atoms with van der Waals surface area (Å²) in [5.41, 5.74) is 14.1. The van der Waals surface area contributed by atoms with Gasteiger partial charge in [-0.15, -0.1) is 0 Å². The predicted octanol–water partition coefficient (Wildman–Crippen LogP) is 2.50. The van der Waals surface area contributed by atoms with E-state index in [4.69, 9.17) is 11.5 Å². The fourth-order valence-electron chi connectivity index (χ4n) is 3.99. The molecule has 0 unspecified atom stereocenters. The maximum Gasteiger partial charge on any atom is 0.255 e. The van der Waals surface area contributed by atoms with Gasteiger partial charge in [0.05, 0.1) is 11.3 Å². The van der Waals surface area contributed by atoms with E-state index in [0.717, 1.165) is 16.6 Å². The molecule has 2 amide bonds. The van der Waals surface area contributed by atoms with E-state index in [9.17, 15) is 18.4 Å². The maximum atomic E-state index is 13.4. The Bertz CT molecular complexity index is 1150. The van der Waals surface area contributed by atoms with Crippen molar-refractivity contribution in [1.29, 1.82) is 0 Å². The summed E-state index contributed by atoms with van der Waals surface area (Å²) in [6.45, 7) is 0.387. The highest BCUT2D eigenvalue weighted by Crippen LogP contribution is 2.29. The average molecular weight is 427 g/mol. The molecule has 2 aromatic heterocycles. The molecule has 7 nitrogen and oxygen atoms in total. The molecule has 1 fully saturated rings. The summed E-state index contributed by atoms with van der Waals surface area (Å²) in [7, 11) is 0. The van der Waals surface area contributed by atoms with Gasteiger partial charge in [-0.2, -0.15) is 0 Å². The molecule has 0 atom stereocenters. The van der Waals surface area contributed by atoms with Crippen LogP contribution in [0.5, 0.6) is 0 Å². The summed E-state index contributed by atoms with van der Waals surface area (Å²) in [5.74, 6) is -3.55. The number of halogens is 2. The van der Waals surface area contributed by atoms with Crippen LogP contribution in [0.15, 0.2) is 42.7 Å². The second-order valence-electron chi connectivity index (χ2n) is 7.68. The first-order valence-corrected chi connectivity index (χ1v) is 10.1. The van der Waals surface area contributed by atoms with Crippen LogP contribution in [-0.4, -0.2) is 51.8 Å². The number of hydrogen-bond acceptors (Lipinski definition) is 4. The molecule has 31 heavy (non-hydrogen) atoms. The highest BCUT2D eigenvalue weighted by molar-refractivity contribution is 5.98. The Morgan fingerprint density at radius 1 is 1.16 bits per heavy atom. The lowest BCUT2D eigenvalue weighted by Crippen LogP contribution is -2.42. The van der Waals surface area contributed by atoms with Crippen molar-refractivity contribution in [1.82, 2.24) is 14.5 Å². The first kappa shape index (κ1) is 20.9. The smallest absolute Gasteiger partial charge is 0.255 e. The largest absolute Gasteiger partial charge is 0.366 e. The van der Waals surface area contributed by atoms with E-state index in [1.54, 1.807) is 24.4 Å². The second kappa shape index (κ2) is 8.07. The zero-order valence-electron chi connectivity index (χ0n) is 16.9. The third-order valence-corrected chi connectivity index (χ3v) is 5.63. The Morgan fingerprint density at radius 2 is 1.90 bits per heavy atom. The number of nitrogens with two attached hydrogens (primary N) is 2. The van der Waals surface area contributed by atoms with Gasteiger partial charge < -0.3 is 20.9 Å². The third-order valence-electron chi connectivity index (χ3n) is 5.63. The Balaban J connectivity index is 1.68. The van der Waals surface area contributed by atoms with Crippen LogP contribution in [-0.2, 0) is 6.42 Å². The summed E-state index contributed by atoms with van der Waals surface area (Å²) in [6.07, 6.45) is 3.06. The molecule has 1 aliphatic rings. The van der Waals surface area contributed by atoms with E-state index in [0.29, 0.717) is 29.7 Å². The molecular formula is C22H23F2N5O2. The van der Waals surface area contributed by atoms with Gasteiger partial charge in [0.2, 0.25) is 5.91 Å². The van der Waals surface area contributed by atoms with Crippen molar-refractivity contribution in [3.8, 4) is 5.69 Å². The van der Waals surface area contributed by atoms with Gasteiger partial charge in [-0.1, -0.05) is 6.07 Å². The molecule has 3 heterocycles. The molecule has 0 saturated carbocycles. The number of rotatable bonds is 5. The number of nitrogens with zero attached hydrogens (tertiary/aromatic N) is 3. The van der Waals surface area contributed by atoms with E-state index >= 15 is 0 Å². The SMILES string of the molecule is NCCc1c(C(N)=O)cccc1-n1ccc2cc(C(=O)N3CCC(F)(F)CC3)cnc21. The van der Waals surface area contributed by atoms with Crippen LogP contribution in [0.4, 0.5) is 8.78 Å². The number of piperidine rings is 1. The van der Waals surface area contributed by atoms with Crippen LogP contribution >= 0.6 is 0 Å². The molecule has 3 aromatic rings. The molecule has 0 aliphatic carbocycles. The van der Waals surface area contributed by atoms with E-state index in [1.807, 2.05) is 16.7 Å². The molecule has 0 radical (unpaired) electrons. The fraction of sp³-hybridized carbons (Fsp3) is 0.318. The normalized spacial score (nSPS) is 15.9. The van der Waals surface area contributed by atoms with Gasteiger partial charge in [0.1, 0.15) is 5.65 Å². The lowest BCUT2D eigenvalue weighted by atomic mass is 10.0. The lowest BCUT2D eigenvalue weighted by Gasteiger charge is -2.31. The van der Waals surface area contributed by atoms with E-state index < -0.39 is 11.8 Å². The highest BCUT2D eigenvalue weighted by atomic mass is 19.3. The van der Waals surface area contributed by atoms with Crippen molar-refractivity contribution in [3.05, 3.63) is 59.4 Å². The van der Waals surface area contributed by atoms with Crippen LogP contribution in [0.2, 0.25) is 0 Å². The highest BCUT2D eigenvalue weighted by Gasteiger charge is 2.35. The molecule has 1 aromatic carbocycles. The third kappa shape index (κ3) is 4.00. The number of carbonyl (C=O) groups is 2. The Labute approximate surface area is 177 Å². The first-order chi connectivity index (χ1) is 14.8. The first-order valence-electron chi connectivity index (χ1n) is 10.1. The standard InChI is InChI=1S/C22H23F2N5O2/c23-22(24)6-10-28(11-7-22)21(31)15-12-14-5-9-29(20(14)27-13-15)18-3-1-2-17(19(26)30)16(18)4-8-25/h1-3,5,9,12-13H,4,6-8,10-11,25H2,(H2,26,30). The van der Waals surface area contributed by atoms with Gasteiger partial charge in [0, 0.05) is 49.3 Å². The molecule has 4 N–H and O–H groups in total. The van der Waals surface area contributed by atoms with Gasteiger partial charge >= 0.3 is 0 Å². The van der Waals surface area contributed by atoms with Crippen molar-refractivity contribution < 1.29 is 18.4 Å². The number of benzene rings is 1. The van der Waals surface area contributed by atoms with Crippen molar-refractivity contribution in [2.24, 2.45) is 11.5 Å². The molecule has 9 heteroatoms. The minimum Gasteiger partial charge on any atom is -0.366 e. The number of hydrogen-bond donors (Lipinski definition) is 2. The number of carbonyl (C=O) groups excluding carboxylic acids is 2. The Hall–Kier alpha value is -3.33. The zero-order valence-corrected chi connectivity index (χ0v) is 16.9. The van der Waals surface area contributed by atoms with E-state index in [2.05, 4.69) is 4.98 Å². The fourth-order valence-corrected chi connectivity index (χ4v) is 3.99. The maximum absolute atomic E-state index is 13.4. The molecule has 4 rings (SSSR count). The molecule has 162 valence electrons. The topological polar surface area (TPSA) is 107 Å². The van der Waals surface area contributed by atoms with E-state index in [-0.39, 0.29) is 31.8 Å². The molecule has 1 saturated heterocycles. The minimum absolute atomic E-state index is 0.0211. The van der Waals surface area contributed by atoms with Crippen LogP contribution in [0.1, 0.15) is 39.1 Å². The lowest BCUT2D eigenvalue weighted by molar-refractivity contribution is -0.0494. The quantitative estimate of drug-likeness (QED) is 0.652. The van der Waals surface area contributed by atoms with Gasteiger partial charge in [0.25, 0.3) is 11.8 Å². The number of alkyl halides is 2. The summed E-state index contributed by atoms with van der Waals surface area (Å²) in [6, 6.07) is 8.77. The number of amides is 2. The number of likely N-dealkylation sites (tertiary alicyclic amines) is 1. The summed E-state index contributed by atoms with van der Waals surface area (Å²) in [4.78, 5) is 30.5. The molecule has 0 bridgehead atoms. The van der Waals surface area contributed by atoms with Gasteiger partial charge in [-0.05, 0) is 42.8 Å². The van der Waals surface area contributed by atoms with Gasteiger partial charge in [-0.25, -0.2) is 13.8 Å². The Morgan fingerprint density at radius 3 is 2.58 bits per heavy atom. The van der Waals surface area contributed by atoms with Crippen LogP contribution in [0.3, 0.4) is 0 Å². The second-order valence-corrected chi connectivity index (χ2v) is 7.68. The predicted molar refractivity (Wildman–Crippen MR) is 112 cm³/mol. The van der Waals surface area contributed by atoms with Crippen LogP contribution in [0, 0.1) is 0 Å². The number of aromatic nitrogens is 2. The molecular weight excluding hydrogens is 404 g/mol. The number of fused-ring (bicyclic) bond motifs is 1. The van der Waals surface area contributed by atoms with Gasteiger partial charge in [0.15, 0.2) is 0 Å². The zero-order chi connectivity index (χ0) is 22.2. The summed E-state index contributed by atoms with van der Waals surface area (Å²) in [5, 5.41) is 0.719. The monoisotopic (exact) mass is 427 g/mol. The van der Waals surface area contributed by atoms with E-state index in [1.165, 1.54) is 11.1 Å². The Kier molecular flexibility index (Phi) is 5.45. The minimum atomic E-state index is -2.71. The number of pyridine rings is 1.